The fourth-order valence-electron chi connectivity index (χ4n) is 4.78. The smallest absolute Gasteiger partial charge is 0.236 e. The molecule has 0 N–H and O–H groups in total. The predicted octanol–water partition coefficient (Wildman–Crippen LogP) is 3.51. The summed E-state index contributed by atoms with van der Waals surface area (Å²) >= 11 is 1.65. The van der Waals surface area contributed by atoms with Gasteiger partial charge in [0.2, 0.25) is 5.91 Å². The molecule has 3 aromatic rings. The van der Waals surface area contributed by atoms with E-state index >= 15 is 0 Å². The minimum Gasteiger partial charge on any atom is -0.342 e. The minimum atomic E-state index is -0.0216. The molecule has 2 fully saturated rings. The van der Waals surface area contributed by atoms with Gasteiger partial charge in [-0.2, -0.15) is 0 Å². The number of hydrogen-bond acceptors (Lipinski definition) is 7. The van der Waals surface area contributed by atoms with Crippen LogP contribution in [-0.2, 0) is 16.0 Å². The maximum absolute atomic E-state index is 13.0. The van der Waals surface area contributed by atoms with E-state index in [-0.39, 0.29) is 24.0 Å². The van der Waals surface area contributed by atoms with Crippen LogP contribution < -0.4 is 0 Å². The SMILES string of the molecule is Cc1ncc(-c2ccc3cnc(CC(=O)C4CCN(C(=O)CN5CCCC5)CC4)nc3c2)s1. The second kappa shape index (κ2) is 9.65. The number of ketones is 1. The standard InChI is InChI=1S/C25H29N5O2S/c1-17-26-15-23(33-17)19-4-5-20-14-27-24(28-21(20)12-19)13-22(31)18-6-10-30(11-7-18)25(32)16-29-8-2-3-9-29/h4-5,12,14-15,18H,2-3,6-11,13,16H2,1H3. The van der Waals surface area contributed by atoms with Crippen LogP contribution >= 0.6 is 11.3 Å². The van der Waals surface area contributed by atoms with Crippen molar-refractivity contribution in [2.45, 2.75) is 39.0 Å². The number of hydrogen-bond donors (Lipinski definition) is 0. The summed E-state index contributed by atoms with van der Waals surface area (Å²) in [5.74, 6) is 0.923. The molecular weight excluding hydrogens is 434 g/mol. The number of benzene rings is 1. The molecule has 0 atom stereocenters. The second-order valence-corrected chi connectivity index (χ2v) is 10.3. The number of likely N-dealkylation sites (tertiary alicyclic amines) is 2. The highest BCUT2D eigenvalue weighted by Gasteiger charge is 2.28. The molecule has 2 aliphatic rings. The van der Waals surface area contributed by atoms with Crippen molar-refractivity contribution in [1.82, 2.24) is 24.8 Å². The molecule has 0 radical (unpaired) electrons. The van der Waals surface area contributed by atoms with E-state index < -0.39 is 0 Å². The van der Waals surface area contributed by atoms with Crippen LogP contribution in [0.5, 0.6) is 0 Å². The van der Waals surface area contributed by atoms with Gasteiger partial charge in [0.1, 0.15) is 11.6 Å². The summed E-state index contributed by atoms with van der Waals surface area (Å²) in [7, 11) is 0. The van der Waals surface area contributed by atoms with Gasteiger partial charge in [0.05, 0.1) is 28.4 Å². The van der Waals surface area contributed by atoms with E-state index in [0.717, 1.165) is 52.3 Å². The molecule has 5 rings (SSSR count). The molecule has 1 aromatic carbocycles. The van der Waals surface area contributed by atoms with E-state index in [1.54, 1.807) is 17.5 Å². The summed E-state index contributed by atoms with van der Waals surface area (Å²) in [4.78, 5) is 44.2. The Morgan fingerprint density at radius 1 is 1.06 bits per heavy atom. The van der Waals surface area contributed by atoms with Gasteiger partial charge in [-0.25, -0.2) is 15.0 Å². The predicted molar refractivity (Wildman–Crippen MR) is 129 cm³/mol. The molecule has 172 valence electrons. The largest absolute Gasteiger partial charge is 0.342 e. The van der Waals surface area contributed by atoms with E-state index in [4.69, 9.17) is 0 Å². The van der Waals surface area contributed by atoms with Gasteiger partial charge in [0.15, 0.2) is 0 Å². The van der Waals surface area contributed by atoms with Crippen LogP contribution in [0.15, 0.2) is 30.6 Å². The summed E-state index contributed by atoms with van der Waals surface area (Å²) in [5.41, 5.74) is 1.92. The Hall–Kier alpha value is -2.71. The van der Waals surface area contributed by atoms with Crippen molar-refractivity contribution >= 4 is 33.9 Å². The maximum atomic E-state index is 13.0. The number of carbonyl (C=O) groups excluding carboxylic acids is 2. The summed E-state index contributed by atoms with van der Waals surface area (Å²) in [6.45, 7) is 5.90. The molecule has 2 aromatic heterocycles. The van der Waals surface area contributed by atoms with E-state index in [1.165, 1.54) is 12.8 Å². The lowest BCUT2D eigenvalue weighted by Crippen LogP contribution is -2.44. The molecule has 0 bridgehead atoms. The van der Waals surface area contributed by atoms with Gasteiger partial charge in [-0.05, 0) is 57.3 Å². The van der Waals surface area contributed by atoms with Crippen molar-refractivity contribution in [3.63, 3.8) is 0 Å². The highest BCUT2D eigenvalue weighted by atomic mass is 32.1. The van der Waals surface area contributed by atoms with Gasteiger partial charge < -0.3 is 4.90 Å². The molecule has 2 aliphatic heterocycles. The first-order chi connectivity index (χ1) is 16.0. The first-order valence-electron chi connectivity index (χ1n) is 11.8. The Bertz CT molecular complexity index is 1160. The molecule has 0 saturated carbocycles. The lowest BCUT2D eigenvalue weighted by Gasteiger charge is -2.32. The third-order valence-electron chi connectivity index (χ3n) is 6.73. The number of aryl methyl sites for hydroxylation is 1. The Balaban J connectivity index is 1.19. The number of piperidine rings is 1. The third-order valence-corrected chi connectivity index (χ3v) is 7.69. The quantitative estimate of drug-likeness (QED) is 0.557. The van der Waals surface area contributed by atoms with Gasteiger partial charge in [0.25, 0.3) is 0 Å². The zero-order valence-electron chi connectivity index (χ0n) is 19.0. The summed E-state index contributed by atoms with van der Waals surface area (Å²) in [6, 6.07) is 6.12. The molecule has 0 aliphatic carbocycles. The zero-order valence-corrected chi connectivity index (χ0v) is 19.8. The number of fused-ring (bicyclic) bond motifs is 1. The Morgan fingerprint density at radius 3 is 2.58 bits per heavy atom. The third kappa shape index (κ3) is 5.12. The second-order valence-electron chi connectivity index (χ2n) is 9.08. The van der Waals surface area contributed by atoms with Crippen molar-refractivity contribution in [1.29, 1.82) is 0 Å². The average molecular weight is 464 g/mol. The van der Waals surface area contributed by atoms with E-state index in [2.05, 4.69) is 25.9 Å². The van der Waals surface area contributed by atoms with Crippen molar-refractivity contribution in [3.05, 3.63) is 41.4 Å². The van der Waals surface area contributed by atoms with Gasteiger partial charge in [-0.15, -0.1) is 11.3 Å². The number of aromatic nitrogens is 3. The molecule has 1 amide bonds. The van der Waals surface area contributed by atoms with Crippen LogP contribution in [-0.4, -0.2) is 69.2 Å². The molecule has 2 saturated heterocycles. The zero-order chi connectivity index (χ0) is 22.8. The van der Waals surface area contributed by atoms with Crippen LogP contribution in [0.1, 0.15) is 36.5 Å². The van der Waals surface area contributed by atoms with Crippen LogP contribution in [0.4, 0.5) is 0 Å². The van der Waals surface area contributed by atoms with Gasteiger partial charge >= 0.3 is 0 Å². The number of carbonyl (C=O) groups is 2. The van der Waals surface area contributed by atoms with Crippen LogP contribution in [0, 0.1) is 12.8 Å². The first kappa shape index (κ1) is 22.1. The lowest BCUT2D eigenvalue weighted by molar-refractivity contribution is -0.135. The van der Waals surface area contributed by atoms with Gasteiger partial charge in [0, 0.05) is 36.8 Å². The van der Waals surface area contributed by atoms with Crippen LogP contribution in [0.3, 0.4) is 0 Å². The molecule has 4 heterocycles. The first-order valence-corrected chi connectivity index (χ1v) is 12.6. The molecule has 8 heteroatoms. The molecule has 0 unspecified atom stereocenters. The van der Waals surface area contributed by atoms with E-state index in [0.29, 0.717) is 25.5 Å². The Labute approximate surface area is 197 Å². The summed E-state index contributed by atoms with van der Waals surface area (Å²) in [6.07, 6.45) is 7.76. The normalized spacial score (nSPS) is 17.7. The van der Waals surface area contributed by atoms with Crippen molar-refractivity contribution in [2.24, 2.45) is 5.92 Å². The van der Waals surface area contributed by atoms with Gasteiger partial charge in [-0.1, -0.05) is 12.1 Å². The molecule has 7 nitrogen and oxygen atoms in total. The minimum absolute atomic E-state index is 0.0216. The van der Waals surface area contributed by atoms with Crippen LogP contribution in [0.25, 0.3) is 21.3 Å². The maximum Gasteiger partial charge on any atom is 0.236 e. The number of Topliss-reactive ketones (excluding diaryl/α,β-unsaturated/α-hetero) is 1. The monoisotopic (exact) mass is 463 g/mol. The highest BCUT2D eigenvalue weighted by molar-refractivity contribution is 7.15. The number of amides is 1. The van der Waals surface area contributed by atoms with Gasteiger partial charge in [-0.3, -0.25) is 14.5 Å². The Kier molecular flexibility index (Phi) is 6.46. The molecule has 0 spiro atoms. The van der Waals surface area contributed by atoms with Crippen molar-refractivity contribution < 1.29 is 9.59 Å². The average Bonchev–Trinajstić information content (AvgIpc) is 3.50. The fourth-order valence-corrected chi connectivity index (χ4v) is 5.55. The van der Waals surface area contributed by atoms with E-state index in [9.17, 15) is 9.59 Å². The molecule has 33 heavy (non-hydrogen) atoms. The number of thiazole rings is 1. The lowest BCUT2D eigenvalue weighted by atomic mass is 9.90. The topological polar surface area (TPSA) is 79.3 Å². The summed E-state index contributed by atoms with van der Waals surface area (Å²) < 4.78 is 0. The fraction of sp³-hybridized carbons (Fsp3) is 0.480. The van der Waals surface area contributed by atoms with Crippen molar-refractivity contribution in [3.8, 4) is 10.4 Å². The molecular formula is C25H29N5O2S. The van der Waals surface area contributed by atoms with Crippen LogP contribution in [0.2, 0.25) is 0 Å². The summed E-state index contributed by atoms with van der Waals surface area (Å²) in [5, 5.41) is 1.99. The highest BCUT2D eigenvalue weighted by Crippen LogP contribution is 2.28. The Morgan fingerprint density at radius 2 is 1.85 bits per heavy atom. The number of rotatable bonds is 6. The van der Waals surface area contributed by atoms with Crippen molar-refractivity contribution in [2.75, 3.05) is 32.7 Å². The van der Waals surface area contributed by atoms with E-state index in [1.807, 2.05) is 30.2 Å². The number of nitrogens with zero attached hydrogens (tertiary/aromatic N) is 5.